The van der Waals surface area contributed by atoms with Crippen LogP contribution in [0.5, 0.6) is 0 Å². The zero-order valence-corrected chi connectivity index (χ0v) is 9.80. The van der Waals surface area contributed by atoms with Gasteiger partial charge in [-0.2, -0.15) is 0 Å². The van der Waals surface area contributed by atoms with Crippen LogP contribution >= 0.6 is 15.9 Å². The van der Waals surface area contributed by atoms with Gasteiger partial charge in [0, 0.05) is 11.9 Å². The molecule has 4 heteroatoms. The maximum Gasteiger partial charge on any atom is 0.147 e. The Balaban J connectivity index is 2.55. The van der Waals surface area contributed by atoms with E-state index in [0.717, 1.165) is 23.0 Å². The molecule has 0 aliphatic rings. The van der Waals surface area contributed by atoms with Crippen molar-refractivity contribution in [2.45, 2.75) is 13.0 Å². The van der Waals surface area contributed by atoms with Crippen LogP contribution in [0.15, 0.2) is 28.9 Å². The molecule has 1 aromatic heterocycles. The first-order chi connectivity index (χ1) is 7.24. The number of halogens is 2. The first-order valence-electron chi connectivity index (χ1n) is 4.87. The van der Waals surface area contributed by atoms with Crippen LogP contribution in [-0.2, 0) is 6.54 Å². The van der Waals surface area contributed by atoms with Gasteiger partial charge in [-0.05, 0) is 41.0 Å². The third-order valence-corrected chi connectivity index (χ3v) is 3.06. The summed E-state index contributed by atoms with van der Waals surface area (Å²) in [6.45, 7) is 1.35. The molecule has 0 radical (unpaired) electrons. The Morgan fingerprint density at radius 1 is 1.40 bits per heavy atom. The molecule has 15 heavy (non-hydrogen) atoms. The van der Waals surface area contributed by atoms with Gasteiger partial charge in [0.1, 0.15) is 5.82 Å². The van der Waals surface area contributed by atoms with Crippen LogP contribution in [0.25, 0.3) is 10.9 Å². The van der Waals surface area contributed by atoms with Crippen LogP contribution in [-0.4, -0.2) is 11.1 Å². The van der Waals surface area contributed by atoms with Crippen molar-refractivity contribution in [3.63, 3.8) is 0 Å². The molecule has 0 aliphatic carbocycles. The molecule has 0 saturated heterocycles. The van der Waals surface area contributed by atoms with E-state index >= 15 is 0 Å². The molecule has 0 aliphatic heterocycles. The maximum absolute atomic E-state index is 13.6. The summed E-state index contributed by atoms with van der Waals surface area (Å²) in [5, 5.41) is 0.916. The monoisotopic (exact) mass is 270 g/mol. The number of hydrogen-bond acceptors (Lipinski definition) is 1. The average molecular weight is 271 g/mol. The molecule has 0 unspecified atom stereocenters. The van der Waals surface area contributed by atoms with Crippen molar-refractivity contribution in [3.8, 4) is 0 Å². The molecular weight excluding hydrogens is 259 g/mol. The quantitative estimate of drug-likeness (QED) is 0.914. The molecule has 0 bridgehead atoms. The van der Waals surface area contributed by atoms with Crippen molar-refractivity contribution in [1.82, 2.24) is 4.57 Å². The Hall–Kier alpha value is -0.870. The van der Waals surface area contributed by atoms with E-state index in [4.69, 9.17) is 5.73 Å². The molecule has 1 heterocycles. The Morgan fingerprint density at radius 2 is 2.20 bits per heavy atom. The lowest BCUT2D eigenvalue weighted by Gasteiger charge is -2.06. The molecule has 0 amide bonds. The van der Waals surface area contributed by atoms with Gasteiger partial charge in [0.15, 0.2) is 0 Å². The molecule has 1 aromatic carbocycles. The van der Waals surface area contributed by atoms with E-state index in [1.54, 1.807) is 6.07 Å². The van der Waals surface area contributed by atoms with E-state index in [2.05, 4.69) is 15.9 Å². The fraction of sp³-hybridized carbons (Fsp3) is 0.273. The fourth-order valence-electron chi connectivity index (χ4n) is 1.71. The number of nitrogens with two attached hydrogens (primary N) is 1. The van der Waals surface area contributed by atoms with Gasteiger partial charge in [-0.1, -0.05) is 12.1 Å². The van der Waals surface area contributed by atoms with Gasteiger partial charge < -0.3 is 10.3 Å². The number of aromatic nitrogens is 1. The summed E-state index contributed by atoms with van der Waals surface area (Å²) in [5.74, 6) is -0.185. The van der Waals surface area contributed by atoms with Crippen molar-refractivity contribution in [2.75, 3.05) is 6.54 Å². The topological polar surface area (TPSA) is 30.9 Å². The summed E-state index contributed by atoms with van der Waals surface area (Å²) in [7, 11) is 0. The fourth-order valence-corrected chi connectivity index (χ4v) is 2.32. The number of benzene rings is 1. The SMILES string of the molecule is NCCCn1c(Br)cc2cccc(F)c21. The highest BCUT2D eigenvalue weighted by Crippen LogP contribution is 2.26. The zero-order chi connectivity index (χ0) is 10.8. The minimum absolute atomic E-state index is 0.185. The predicted octanol–water partition coefficient (Wildman–Crippen LogP) is 2.89. The summed E-state index contributed by atoms with van der Waals surface area (Å²) >= 11 is 3.43. The second-order valence-corrected chi connectivity index (χ2v) is 4.25. The molecule has 2 N–H and O–H groups in total. The summed E-state index contributed by atoms with van der Waals surface area (Å²) < 4.78 is 16.4. The first-order valence-corrected chi connectivity index (χ1v) is 5.66. The Labute approximate surface area is 96.0 Å². The summed E-state index contributed by atoms with van der Waals surface area (Å²) in [4.78, 5) is 0. The molecule has 0 atom stereocenters. The largest absolute Gasteiger partial charge is 0.333 e. The van der Waals surface area contributed by atoms with E-state index in [1.807, 2.05) is 16.7 Å². The van der Waals surface area contributed by atoms with Gasteiger partial charge in [0.25, 0.3) is 0 Å². The molecule has 0 saturated carbocycles. The number of hydrogen-bond donors (Lipinski definition) is 1. The van der Waals surface area contributed by atoms with Crippen molar-refractivity contribution in [1.29, 1.82) is 0 Å². The highest BCUT2D eigenvalue weighted by Gasteiger charge is 2.09. The average Bonchev–Trinajstić information content (AvgIpc) is 2.53. The second-order valence-electron chi connectivity index (χ2n) is 3.44. The third kappa shape index (κ3) is 1.92. The lowest BCUT2D eigenvalue weighted by atomic mass is 10.2. The van der Waals surface area contributed by atoms with Gasteiger partial charge in [0.2, 0.25) is 0 Å². The number of rotatable bonds is 3. The number of fused-ring (bicyclic) bond motifs is 1. The Bertz CT molecular complexity index is 479. The van der Waals surface area contributed by atoms with Gasteiger partial charge in [-0.25, -0.2) is 4.39 Å². The summed E-state index contributed by atoms with van der Waals surface area (Å²) in [5.41, 5.74) is 6.11. The van der Waals surface area contributed by atoms with E-state index < -0.39 is 0 Å². The van der Waals surface area contributed by atoms with E-state index in [1.165, 1.54) is 6.07 Å². The van der Waals surface area contributed by atoms with Gasteiger partial charge in [0.05, 0.1) is 10.1 Å². The molecule has 2 aromatic rings. The molecule has 0 fully saturated rings. The lowest BCUT2D eigenvalue weighted by molar-refractivity contribution is 0.609. The molecule has 80 valence electrons. The van der Waals surface area contributed by atoms with Crippen molar-refractivity contribution in [2.24, 2.45) is 5.73 Å². The smallest absolute Gasteiger partial charge is 0.147 e. The molecule has 0 spiro atoms. The maximum atomic E-state index is 13.6. The van der Waals surface area contributed by atoms with Crippen LogP contribution in [0, 0.1) is 5.82 Å². The Kier molecular flexibility index (Phi) is 3.07. The standard InChI is InChI=1S/C11H12BrFN2/c12-10-7-8-3-1-4-9(13)11(8)15(10)6-2-5-14/h1,3-4,7H,2,5-6,14H2. The van der Waals surface area contributed by atoms with Gasteiger partial charge >= 0.3 is 0 Å². The highest BCUT2D eigenvalue weighted by molar-refractivity contribution is 9.10. The molecule has 2 rings (SSSR count). The van der Waals surface area contributed by atoms with Crippen LogP contribution in [0.2, 0.25) is 0 Å². The minimum Gasteiger partial charge on any atom is -0.333 e. The van der Waals surface area contributed by atoms with Crippen molar-refractivity contribution in [3.05, 3.63) is 34.7 Å². The van der Waals surface area contributed by atoms with E-state index in [9.17, 15) is 4.39 Å². The number of para-hydroxylation sites is 1. The van der Waals surface area contributed by atoms with Crippen LogP contribution in [0.4, 0.5) is 4.39 Å². The normalized spacial score (nSPS) is 11.1. The molecule has 2 nitrogen and oxygen atoms in total. The van der Waals surface area contributed by atoms with Crippen molar-refractivity contribution >= 4 is 26.8 Å². The number of aryl methyl sites for hydroxylation is 1. The van der Waals surface area contributed by atoms with Crippen LogP contribution in [0.1, 0.15) is 6.42 Å². The highest BCUT2D eigenvalue weighted by atomic mass is 79.9. The zero-order valence-electron chi connectivity index (χ0n) is 8.21. The van der Waals surface area contributed by atoms with Gasteiger partial charge in [-0.3, -0.25) is 0 Å². The Morgan fingerprint density at radius 3 is 2.93 bits per heavy atom. The third-order valence-electron chi connectivity index (χ3n) is 2.41. The summed E-state index contributed by atoms with van der Waals surface area (Å²) in [6.07, 6.45) is 0.844. The second kappa shape index (κ2) is 4.33. The van der Waals surface area contributed by atoms with Crippen molar-refractivity contribution < 1.29 is 4.39 Å². The van der Waals surface area contributed by atoms with Crippen LogP contribution in [0.3, 0.4) is 0 Å². The van der Waals surface area contributed by atoms with E-state index in [0.29, 0.717) is 12.1 Å². The minimum atomic E-state index is -0.185. The molecular formula is C11H12BrFN2. The van der Waals surface area contributed by atoms with E-state index in [-0.39, 0.29) is 5.82 Å². The van der Waals surface area contributed by atoms with Gasteiger partial charge in [-0.15, -0.1) is 0 Å². The lowest BCUT2D eigenvalue weighted by Crippen LogP contribution is -2.06. The first kappa shape index (κ1) is 10.6. The number of nitrogens with zero attached hydrogens (tertiary/aromatic N) is 1. The predicted molar refractivity (Wildman–Crippen MR) is 63.3 cm³/mol. The van der Waals surface area contributed by atoms with Crippen LogP contribution < -0.4 is 5.73 Å². The summed E-state index contributed by atoms with van der Waals surface area (Å²) in [6, 6.07) is 7.03.